The number of ether oxygens (including phenoxy) is 2. The van der Waals surface area contributed by atoms with E-state index in [0.717, 1.165) is 17.1 Å². The Labute approximate surface area is 162 Å². The quantitative estimate of drug-likeness (QED) is 0.548. The van der Waals surface area contributed by atoms with Crippen molar-refractivity contribution in [3.8, 4) is 23.0 Å². The van der Waals surface area contributed by atoms with E-state index in [4.69, 9.17) is 21.1 Å². The predicted molar refractivity (Wildman–Crippen MR) is 110 cm³/mol. The van der Waals surface area contributed by atoms with E-state index in [1.807, 2.05) is 78.9 Å². The molecule has 1 N–H and O–H groups in total. The fourth-order valence-corrected chi connectivity index (χ4v) is 2.85. The lowest BCUT2D eigenvalue weighted by Gasteiger charge is -2.12. The average Bonchev–Trinajstić information content (AvgIpc) is 3.18. The molecule has 0 saturated carbocycles. The van der Waals surface area contributed by atoms with Gasteiger partial charge in [-0.25, -0.2) is 0 Å². The van der Waals surface area contributed by atoms with Crippen LogP contribution in [-0.4, -0.2) is 12.8 Å². The van der Waals surface area contributed by atoms with Crippen molar-refractivity contribution in [3.63, 3.8) is 0 Å². The Bertz CT molecular complexity index is 1000. The number of benzene rings is 3. The molecule has 1 aliphatic rings. The summed E-state index contributed by atoms with van der Waals surface area (Å²) in [6.45, 7) is 0.657. The lowest BCUT2D eigenvalue weighted by atomic mass is 10.2. The normalized spacial score (nSPS) is 12.6. The van der Waals surface area contributed by atoms with Gasteiger partial charge < -0.3 is 14.8 Å². The highest BCUT2D eigenvalue weighted by Crippen LogP contribution is 2.34. The summed E-state index contributed by atoms with van der Waals surface area (Å²) in [7, 11) is 0. The van der Waals surface area contributed by atoms with Crippen LogP contribution < -0.4 is 14.8 Å². The van der Waals surface area contributed by atoms with Gasteiger partial charge in [0.05, 0.1) is 11.6 Å². The van der Waals surface area contributed by atoms with Gasteiger partial charge in [0.25, 0.3) is 0 Å². The van der Waals surface area contributed by atoms with E-state index >= 15 is 0 Å². The minimum atomic E-state index is 0.522. The van der Waals surface area contributed by atoms with Gasteiger partial charge in [-0.3, -0.25) is 4.99 Å². The second-order valence-electron chi connectivity index (χ2n) is 5.94. The van der Waals surface area contributed by atoms with Crippen LogP contribution in [0.4, 0.5) is 5.69 Å². The molecule has 0 bridgehead atoms. The second kappa shape index (κ2) is 7.98. The van der Waals surface area contributed by atoms with E-state index in [0.29, 0.717) is 28.8 Å². The highest BCUT2D eigenvalue weighted by atomic mass is 35.5. The molecule has 134 valence electrons. The molecule has 3 aromatic rings. The number of nitrogens with one attached hydrogen (secondary N) is 1. The first-order chi connectivity index (χ1) is 13.3. The third-order valence-corrected chi connectivity index (χ3v) is 4.19. The standard InChI is InChI=1S/C22H17ClN2O2/c23-21-13-16(25-17-11-12-24-15-17)9-10-22(21)27-20-8-4-7-19(14-20)26-18-5-2-1-3-6-18/h1-14,25H,15H2. The van der Waals surface area contributed by atoms with Gasteiger partial charge in [0.2, 0.25) is 0 Å². The first kappa shape index (κ1) is 17.2. The number of nitrogens with zero attached hydrogens (tertiary/aromatic N) is 1. The van der Waals surface area contributed by atoms with E-state index in [1.54, 1.807) is 6.21 Å². The molecule has 4 rings (SSSR count). The number of aliphatic imine (C=N–C) groups is 1. The van der Waals surface area contributed by atoms with Crippen LogP contribution in [0.2, 0.25) is 5.02 Å². The zero-order chi connectivity index (χ0) is 18.5. The third-order valence-electron chi connectivity index (χ3n) is 3.89. The number of para-hydroxylation sites is 1. The number of hydrogen-bond donors (Lipinski definition) is 1. The van der Waals surface area contributed by atoms with Gasteiger partial charge in [-0.05, 0) is 48.5 Å². The topological polar surface area (TPSA) is 42.9 Å². The smallest absolute Gasteiger partial charge is 0.146 e. The van der Waals surface area contributed by atoms with Gasteiger partial charge in [0.15, 0.2) is 0 Å². The summed E-state index contributed by atoms with van der Waals surface area (Å²) >= 11 is 6.39. The summed E-state index contributed by atoms with van der Waals surface area (Å²) in [5, 5.41) is 3.81. The maximum Gasteiger partial charge on any atom is 0.146 e. The summed E-state index contributed by atoms with van der Waals surface area (Å²) in [4.78, 5) is 4.15. The van der Waals surface area contributed by atoms with Crippen LogP contribution in [0.25, 0.3) is 0 Å². The Morgan fingerprint density at radius 1 is 0.815 bits per heavy atom. The molecule has 0 radical (unpaired) electrons. The van der Waals surface area contributed by atoms with Crippen LogP contribution >= 0.6 is 11.6 Å². The molecule has 27 heavy (non-hydrogen) atoms. The number of rotatable bonds is 6. The van der Waals surface area contributed by atoms with Crippen molar-refractivity contribution in [2.75, 3.05) is 11.9 Å². The van der Waals surface area contributed by atoms with Crippen molar-refractivity contribution in [2.24, 2.45) is 4.99 Å². The number of anilines is 1. The van der Waals surface area contributed by atoms with Crippen LogP contribution in [0.3, 0.4) is 0 Å². The SMILES string of the molecule is Clc1cc(NC2=CC=NC2)ccc1Oc1cccc(Oc2ccccc2)c1. The van der Waals surface area contributed by atoms with E-state index in [9.17, 15) is 0 Å². The van der Waals surface area contributed by atoms with E-state index in [-0.39, 0.29) is 0 Å². The summed E-state index contributed by atoms with van der Waals surface area (Å²) < 4.78 is 11.8. The second-order valence-corrected chi connectivity index (χ2v) is 6.35. The molecule has 0 atom stereocenters. The van der Waals surface area contributed by atoms with Gasteiger partial charge in [-0.2, -0.15) is 0 Å². The van der Waals surface area contributed by atoms with Gasteiger partial charge in [0, 0.05) is 23.7 Å². The molecule has 3 aromatic carbocycles. The molecule has 0 spiro atoms. The van der Waals surface area contributed by atoms with Crippen molar-refractivity contribution in [1.29, 1.82) is 0 Å². The van der Waals surface area contributed by atoms with E-state index in [1.165, 1.54) is 0 Å². The van der Waals surface area contributed by atoms with Gasteiger partial charge in [0.1, 0.15) is 23.0 Å². The van der Waals surface area contributed by atoms with Crippen molar-refractivity contribution in [3.05, 3.63) is 89.6 Å². The van der Waals surface area contributed by atoms with Crippen LogP contribution in [0.15, 0.2) is 89.6 Å². The van der Waals surface area contributed by atoms with Gasteiger partial charge in [-0.1, -0.05) is 35.9 Å². The van der Waals surface area contributed by atoms with Gasteiger partial charge in [-0.15, -0.1) is 0 Å². The van der Waals surface area contributed by atoms with Crippen LogP contribution in [0.5, 0.6) is 23.0 Å². The maximum atomic E-state index is 6.39. The molecule has 0 unspecified atom stereocenters. The van der Waals surface area contributed by atoms with E-state index < -0.39 is 0 Å². The molecular weight excluding hydrogens is 360 g/mol. The van der Waals surface area contributed by atoms with Crippen molar-refractivity contribution >= 4 is 23.5 Å². The number of allylic oxidation sites excluding steroid dienone is 1. The van der Waals surface area contributed by atoms with Crippen molar-refractivity contribution < 1.29 is 9.47 Å². The van der Waals surface area contributed by atoms with Crippen LogP contribution in [-0.2, 0) is 0 Å². The monoisotopic (exact) mass is 376 g/mol. The molecular formula is C22H17ClN2O2. The van der Waals surface area contributed by atoms with Crippen LogP contribution in [0.1, 0.15) is 0 Å². The van der Waals surface area contributed by atoms with Crippen molar-refractivity contribution in [1.82, 2.24) is 0 Å². The predicted octanol–water partition coefficient (Wildman–Crippen LogP) is 6.30. The molecule has 0 amide bonds. The highest BCUT2D eigenvalue weighted by molar-refractivity contribution is 6.32. The molecule has 1 aliphatic heterocycles. The summed E-state index contributed by atoms with van der Waals surface area (Å²) in [6.07, 6.45) is 3.72. The molecule has 0 fully saturated rings. The van der Waals surface area contributed by atoms with E-state index in [2.05, 4.69) is 10.3 Å². The Kier molecular flexibility index (Phi) is 5.08. The molecule has 5 heteroatoms. The third kappa shape index (κ3) is 4.49. The first-order valence-electron chi connectivity index (χ1n) is 8.53. The minimum Gasteiger partial charge on any atom is -0.457 e. The fraction of sp³-hybridized carbons (Fsp3) is 0.0455. The van der Waals surface area contributed by atoms with Crippen molar-refractivity contribution in [2.45, 2.75) is 0 Å². The number of hydrogen-bond acceptors (Lipinski definition) is 4. The summed E-state index contributed by atoms with van der Waals surface area (Å²) in [6, 6.07) is 22.7. The Balaban J connectivity index is 1.46. The lowest BCUT2D eigenvalue weighted by molar-refractivity contribution is 0.460. The Morgan fingerprint density at radius 2 is 1.59 bits per heavy atom. The fourth-order valence-electron chi connectivity index (χ4n) is 2.63. The Hall–Kier alpha value is -3.24. The largest absolute Gasteiger partial charge is 0.457 e. The minimum absolute atomic E-state index is 0.522. The molecule has 1 heterocycles. The zero-order valence-corrected chi connectivity index (χ0v) is 15.2. The summed E-state index contributed by atoms with van der Waals surface area (Å²) in [5.74, 6) is 2.70. The summed E-state index contributed by atoms with van der Waals surface area (Å²) in [5.41, 5.74) is 1.93. The first-order valence-corrected chi connectivity index (χ1v) is 8.90. The molecule has 0 saturated heterocycles. The average molecular weight is 377 g/mol. The molecule has 0 aromatic heterocycles. The van der Waals surface area contributed by atoms with Gasteiger partial charge >= 0.3 is 0 Å². The lowest BCUT2D eigenvalue weighted by Crippen LogP contribution is -2.00. The molecule has 0 aliphatic carbocycles. The highest BCUT2D eigenvalue weighted by Gasteiger charge is 2.08. The molecule has 4 nitrogen and oxygen atoms in total. The Morgan fingerprint density at radius 3 is 2.33 bits per heavy atom. The van der Waals surface area contributed by atoms with Crippen LogP contribution in [0, 0.1) is 0 Å². The maximum absolute atomic E-state index is 6.39. The number of halogens is 1. The zero-order valence-electron chi connectivity index (χ0n) is 14.4.